The lowest BCUT2D eigenvalue weighted by Gasteiger charge is -2.50. The van der Waals surface area contributed by atoms with Gasteiger partial charge < -0.3 is 30.5 Å². The maximum atomic E-state index is 15.3. The van der Waals surface area contributed by atoms with Gasteiger partial charge in [-0.3, -0.25) is 4.79 Å². The van der Waals surface area contributed by atoms with Crippen LogP contribution in [0, 0.1) is 23.3 Å². The maximum Gasteiger partial charge on any atom is 0.249 e. The van der Waals surface area contributed by atoms with E-state index in [1.165, 1.54) is 12.1 Å². The number of fused-ring (bicyclic) bond motifs is 1. The molecule has 6 rings (SSSR count). The fraction of sp³-hybridized carbons (Fsp3) is 0.321. The molecule has 42 heavy (non-hydrogen) atoms. The third-order valence-electron chi connectivity index (χ3n) is 7.94. The number of aromatic nitrogens is 3. The lowest BCUT2D eigenvalue weighted by atomic mass is 9.77. The second kappa shape index (κ2) is 10.4. The zero-order valence-corrected chi connectivity index (χ0v) is 21.6. The number of rotatable bonds is 5. The summed E-state index contributed by atoms with van der Waals surface area (Å²) in [6, 6.07) is 7.35. The molecule has 3 heterocycles. The minimum Gasteiger partial charge on any atom is -0.394 e. The van der Waals surface area contributed by atoms with Gasteiger partial charge in [-0.05, 0) is 35.6 Å². The highest BCUT2D eigenvalue weighted by molar-refractivity contribution is 6.08. The number of carbonyl (C=O) groups is 1. The maximum absolute atomic E-state index is 15.3. The Bertz CT molecular complexity index is 1680. The highest BCUT2D eigenvalue weighted by Crippen LogP contribution is 2.51. The van der Waals surface area contributed by atoms with Crippen LogP contribution in [-0.2, 0) is 9.47 Å². The highest BCUT2D eigenvalue weighted by atomic mass is 19.2. The fourth-order valence-electron chi connectivity index (χ4n) is 6.04. The van der Waals surface area contributed by atoms with E-state index >= 15 is 4.39 Å². The number of benzene rings is 3. The van der Waals surface area contributed by atoms with E-state index in [9.17, 15) is 33.3 Å². The van der Waals surface area contributed by atoms with E-state index < -0.39 is 71.8 Å². The minimum atomic E-state index is -2.03. The van der Waals surface area contributed by atoms with E-state index in [0.29, 0.717) is 12.1 Å². The summed E-state index contributed by atoms with van der Waals surface area (Å²) in [5.74, 6) is -9.15. The van der Waals surface area contributed by atoms with Crippen LogP contribution in [0.15, 0.2) is 48.7 Å². The van der Waals surface area contributed by atoms with E-state index in [-0.39, 0.29) is 46.2 Å². The number of carbonyl (C=O) groups excluding carboxylic acids is 1. The van der Waals surface area contributed by atoms with Crippen molar-refractivity contribution in [2.24, 2.45) is 5.73 Å². The first-order valence-corrected chi connectivity index (χ1v) is 12.9. The molecule has 4 aromatic rings. The Balaban J connectivity index is 1.46. The number of aliphatic hydroxyl groups is 3. The third-order valence-corrected chi connectivity index (χ3v) is 7.94. The van der Waals surface area contributed by atoms with Crippen LogP contribution in [0.25, 0.3) is 22.0 Å². The molecule has 0 bridgehead atoms. The van der Waals surface area contributed by atoms with Crippen molar-refractivity contribution in [3.8, 4) is 11.3 Å². The molecule has 1 aromatic heterocycles. The second-order valence-electron chi connectivity index (χ2n) is 10.2. The molecule has 2 saturated heterocycles. The predicted octanol–water partition coefficient (Wildman–Crippen LogP) is 2.31. The standard InChI is InChI=1S/C28H24F4N4O6/c29-17-9-15(22(27(33)40)14-4-2-1-3-13(14)17)16-5-6-41-28(16)26(39)24(25(38)21(11-37)42-28)36-10-20(34-35-36)12-7-18(30)23(32)19(31)8-12/h1-4,7-10,16,21,24-26,37-39H,5-6,11H2,(H2,33,40)/t16-,21-,24+,25+,26-,28+/m1/s1. The Kier molecular flexibility index (Phi) is 6.98. The van der Waals surface area contributed by atoms with Gasteiger partial charge in [0, 0.05) is 16.9 Å². The Morgan fingerprint density at radius 1 is 1.07 bits per heavy atom. The molecule has 6 atom stereocenters. The molecule has 14 heteroatoms. The molecule has 0 unspecified atom stereocenters. The molecule has 3 aromatic carbocycles. The minimum absolute atomic E-state index is 0.00991. The summed E-state index contributed by atoms with van der Waals surface area (Å²) in [6.45, 7) is -0.765. The highest BCUT2D eigenvalue weighted by Gasteiger charge is 2.62. The number of hydrogen-bond donors (Lipinski definition) is 4. The summed E-state index contributed by atoms with van der Waals surface area (Å²) in [7, 11) is 0. The first kappa shape index (κ1) is 28.2. The van der Waals surface area contributed by atoms with Crippen LogP contribution >= 0.6 is 0 Å². The van der Waals surface area contributed by atoms with Crippen LogP contribution in [0.2, 0.25) is 0 Å². The van der Waals surface area contributed by atoms with Crippen LogP contribution in [0.1, 0.15) is 34.3 Å². The van der Waals surface area contributed by atoms with Gasteiger partial charge in [0.15, 0.2) is 17.5 Å². The molecule has 1 amide bonds. The van der Waals surface area contributed by atoms with E-state index in [0.717, 1.165) is 16.9 Å². The number of ether oxygens (including phenoxy) is 2. The number of amides is 1. The summed E-state index contributed by atoms with van der Waals surface area (Å²) in [4.78, 5) is 12.7. The van der Waals surface area contributed by atoms with Crippen LogP contribution in [0.5, 0.6) is 0 Å². The number of hydrogen-bond acceptors (Lipinski definition) is 8. The molecule has 2 aliphatic heterocycles. The van der Waals surface area contributed by atoms with Crippen molar-refractivity contribution in [2.75, 3.05) is 13.2 Å². The Labute approximate surface area is 234 Å². The molecule has 10 nitrogen and oxygen atoms in total. The van der Waals surface area contributed by atoms with Crippen molar-refractivity contribution in [2.45, 2.75) is 42.5 Å². The monoisotopic (exact) mass is 588 g/mol. The van der Waals surface area contributed by atoms with Crippen LogP contribution in [0.4, 0.5) is 17.6 Å². The molecule has 1 spiro atoms. The zero-order valence-electron chi connectivity index (χ0n) is 21.6. The van der Waals surface area contributed by atoms with Crippen molar-refractivity contribution < 1.29 is 47.1 Å². The molecule has 5 N–H and O–H groups in total. The van der Waals surface area contributed by atoms with Gasteiger partial charge in [0.2, 0.25) is 11.7 Å². The van der Waals surface area contributed by atoms with E-state index in [1.54, 1.807) is 12.1 Å². The molecule has 2 fully saturated rings. The lowest BCUT2D eigenvalue weighted by Crippen LogP contribution is -2.64. The smallest absolute Gasteiger partial charge is 0.249 e. The molecule has 220 valence electrons. The van der Waals surface area contributed by atoms with E-state index in [2.05, 4.69) is 10.3 Å². The first-order chi connectivity index (χ1) is 20.1. The van der Waals surface area contributed by atoms with Gasteiger partial charge >= 0.3 is 0 Å². The number of halogens is 4. The zero-order chi connectivity index (χ0) is 29.9. The van der Waals surface area contributed by atoms with Gasteiger partial charge in [-0.15, -0.1) is 5.10 Å². The topological polar surface area (TPSA) is 153 Å². The molecule has 0 saturated carbocycles. The van der Waals surface area contributed by atoms with Gasteiger partial charge in [0.05, 0.1) is 25.0 Å². The van der Waals surface area contributed by atoms with Gasteiger partial charge in [-0.2, -0.15) is 0 Å². The number of nitrogens with zero attached hydrogens (tertiary/aromatic N) is 3. The molecule has 0 radical (unpaired) electrons. The van der Waals surface area contributed by atoms with Gasteiger partial charge in [0.1, 0.15) is 35.9 Å². The Morgan fingerprint density at radius 3 is 2.43 bits per heavy atom. The van der Waals surface area contributed by atoms with Crippen molar-refractivity contribution in [1.29, 1.82) is 0 Å². The average molecular weight is 589 g/mol. The largest absolute Gasteiger partial charge is 0.394 e. The van der Waals surface area contributed by atoms with E-state index in [1.807, 2.05) is 0 Å². The van der Waals surface area contributed by atoms with Gasteiger partial charge in [-0.1, -0.05) is 29.5 Å². The van der Waals surface area contributed by atoms with Crippen LogP contribution in [0.3, 0.4) is 0 Å². The second-order valence-corrected chi connectivity index (χ2v) is 10.2. The van der Waals surface area contributed by atoms with Crippen molar-refractivity contribution in [3.63, 3.8) is 0 Å². The molecule has 0 aliphatic carbocycles. The summed E-state index contributed by atoms with van der Waals surface area (Å²) >= 11 is 0. The Hall–Kier alpha value is -3.95. The van der Waals surface area contributed by atoms with Crippen molar-refractivity contribution in [3.05, 3.63) is 83.1 Å². The average Bonchev–Trinajstić information content (AvgIpc) is 3.62. The Morgan fingerprint density at radius 2 is 1.76 bits per heavy atom. The number of primary amides is 1. The summed E-state index contributed by atoms with van der Waals surface area (Å²) in [5.41, 5.74) is 5.54. The van der Waals surface area contributed by atoms with Crippen LogP contribution in [-0.4, -0.2) is 73.5 Å². The third kappa shape index (κ3) is 4.25. The number of nitrogens with two attached hydrogens (primary N) is 1. The quantitative estimate of drug-likeness (QED) is 0.205. The van der Waals surface area contributed by atoms with Crippen molar-refractivity contribution in [1.82, 2.24) is 15.0 Å². The predicted molar refractivity (Wildman–Crippen MR) is 137 cm³/mol. The van der Waals surface area contributed by atoms with Crippen LogP contribution < -0.4 is 5.73 Å². The summed E-state index contributed by atoms with van der Waals surface area (Å²) in [6.07, 6.45) is -3.46. The first-order valence-electron chi connectivity index (χ1n) is 12.9. The lowest BCUT2D eigenvalue weighted by molar-refractivity contribution is -0.344. The van der Waals surface area contributed by atoms with E-state index in [4.69, 9.17) is 15.2 Å². The van der Waals surface area contributed by atoms with Gasteiger partial charge in [0.25, 0.3) is 0 Å². The molecular weight excluding hydrogens is 564 g/mol. The summed E-state index contributed by atoms with van der Waals surface area (Å²) in [5, 5.41) is 41.1. The number of aliphatic hydroxyl groups excluding tert-OH is 3. The molecular formula is C28H24F4N4O6. The SMILES string of the molecule is NC(=O)c1c([C@H]2CCO[C@]23O[C@H](CO)[C@H](O)[C@H](n2cc(-c4cc(F)c(F)c(F)c4)nn2)[C@H]3O)cc(F)c2ccccc12. The molecule has 2 aliphatic rings. The normalized spacial score (nSPS) is 27.6. The summed E-state index contributed by atoms with van der Waals surface area (Å²) < 4.78 is 69.5. The van der Waals surface area contributed by atoms with Gasteiger partial charge in [-0.25, -0.2) is 22.2 Å². The fourth-order valence-corrected chi connectivity index (χ4v) is 6.04. The van der Waals surface area contributed by atoms with Crippen molar-refractivity contribution >= 4 is 16.7 Å².